The molecule has 0 saturated carbocycles. The van der Waals surface area contributed by atoms with Crippen LogP contribution in [-0.4, -0.2) is 39.2 Å². The fourth-order valence-electron chi connectivity index (χ4n) is 2.75. The maximum Gasteiger partial charge on any atom is 0.270 e. The molecular formula is C19H19ClN4O5S3. The zero-order chi connectivity index (χ0) is 23.5. The number of anilines is 1. The highest BCUT2D eigenvalue weighted by atomic mass is 35.5. The van der Waals surface area contributed by atoms with Crippen LogP contribution >= 0.6 is 22.9 Å². The van der Waals surface area contributed by atoms with E-state index >= 15 is 0 Å². The smallest absolute Gasteiger partial charge is 0.270 e. The number of hydrogen-bond acceptors (Lipinski definition) is 8. The van der Waals surface area contributed by atoms with Gasteiger partial charge in [0.05, 0.1) is 15.5 Å². The van der Waals surface area contributed by atoms with Gasteiger partial charge in [0.1, 0.15) is 0 Å². The van der Waals surface area contributed by atoms with Crippen molar-refractivity contribution in [2.24, 2.45) is 0 Å². The Labute approximate surface area is 194 Å². The zero-order valence-electron chi connectivity index (χ0n) is 16.9. The van der Waals surface area contributed by atoms with Crippen molar-refractivity contribution in [1.82, 2.24) is 14.9 Å². The molecule has 0 aliphatic heterocycles. The number of sulfonamides is 1. The van der Waals surface area contributed by atoms with Gasteiger partial charge >= 0.3 is 0 Å². The first-order valence-electron chi connectivity index (χ1n) is 9.23. The topological polar surface area (TPSA) is 135 Å². The Hall–Kier alpha value is -2.38. The van der Waals surface area contributed by atoms with Crippen LogP contribution in [0.5, 0.6) is 0 Å². The van der Waals surface area contributed by atoms with E-state index in [0.717, 1.165) is 6.26 Å². The molecule has 9 nitrogen and oxygen atoms in total. The molecule has 0 aliphatic carbocycles. The lowest BCUT2D eigenvalue weighted by Crippen LogP contribution is -2.28. The molecule has 0 radical (unpaired) electrons. The molecule has 0 aliphatic rings. The van der Waals surface area contributed by atoms with Crippen LogP contribution in [-0.2, 0) is 19.9 Å². The van der Waals surface area contributed by atoms with E-state index < -0.39 is 31.8 Å². The second-order valence-corrected chi connectivity index (χ2v) is 12.0. The molecule has 0 unspecified atom stereocenters. The first-order valence-corrected chi connectivity index (χ1v) is 13.8. The molecule has 0 fully saturated rings. The van der Waals surface area contributed by atoms with E-state index in [1.807, 2.05) is 0 Å². The normalized spacial score (nSPS) is 13.0. The minimum Gasteiger partial charge on any atom is -0.296 e. The summed E-state index contributed by atoms with van der Waals surface area (Å²) in [5.41, 5.74) is 0.815. The number of nitrogens with zero attached hydrogens (tertiary/aromatic N) is 2. The third-order valence-electron chi connectivity index (χ3n) is 4.39. The number of aromatic nitrogens is 2. The van der Waals surface area contributed by atoms with E-state index in [9.17, 15) is 21.6 Å². The van der Waals surface area contributed by atoms with Crippen molar-refractivity contribution in [3.05, 3.63) is 64.7 Å². The number of amides is 1. The summed E-state index contributed by atoms with van der Waals surface area (Å²) in [4.78, 5) is 12.5. The molecule has 32 heavy (non-hydrogen) atoms. The van der Waals surface area contributed by atoms with Gasteiger partial charge in [-0.3, -0.25) is 10.1 Å². The zero-order valence-corrected chi connectivity index (χ0v) is 20.1. The Balaban J connectivity index is 1.76. The molecule has 0 bridgehead atoms. The predicted octanol–water partition coefficient (Wildman–Crippen LogP) is 3.28. The molecule has 0 saturated heterocycles. The Bertz CT molecular complexity index is 1340. The van der Waals surface area contributed by atoms with Crippen molar-refractivity contribution in [2.75, 3.05) is 11.6 Å². The maximum atomic E-state index is 12.8. The molecule has 170 valence electrons. The molecule has 2 aromatic carbocycles. The van der Waals surface area contributed by atoms with Crippen molar-refractivity contribution >= 4 is 53.8 Å². The van der Waals surface area contributed by atoms with Crippen LogP contribution in [0.3, 0.4) is 0 Å². The second kappa shape index (κ2) is 9.63. The number of halogens is 1. The van der Waals surface area contributed by atoms with E-state index in [1.165, 1.54) is 18.2 Å². The van der Waals surface area contributed by atoms with E-state index in [0.29, 0.717) is 23.3 Å². The minimum atomic E-state index is -4.05. The van der Waals surface area contributed by atoms with Crippen LogP contribution in [0, 0.1) is 0 Å². The number of carbonyl (C=O) groups is 1. The molecule has 3 rings (SSSR count). The van der Waals surface area contributed by atoms with Gasteiger partial charge in [0, 0.05) is 12.3 Å². The quantitative estimate of drug-likeness (QED) is 0.440. The van der Waals surface area contributed by atoms with Gasteiger partial charge < -0.3 is 0 Å². The number of benzene rings is 2. The molecule has 0 spiro atoms. The van der Waals surface area contributed by atoms with Crippen molar-refractivity contribution in [1.29, 1.82) is 0 Å². The molecular weight excluding hydrogens is 496 g/mol. The monoisotopic (exact) mass is 514 g/mol. The Kier molecular flexibility index (Phi) is 7.30. The van der Waals surface area contributed by atoms with E-state index in [-0.39, 0.29) is 25.0 Å². The summed E-state index contributed by atoms with van der Waals surface area (Å²) in [7, 11) is -7.40. The molecule has 3 aromatic rings. The molecule has 13 heteroatoms. The highest BCUT2D eigenvalue weighted by Crippen LogP contribution is 2.25. The molecule has 1 aromatic heterocycles. The summed E-state index contributed by atoms with van der Waals surface area (Å²) in [6.45, 7) is 1.78. The molecule has 2 N–H and O–H groups in total. The average molecular weight is 515 g/mol. The van der Waals surface area contributed by atoms with Gasteiger partial charge in [-0.05, 0) is 36.2 Å². The summed E-state index contributed by atoms with van der Waals surface area (Å²) >= 11 is 6.69. The van der Waals surface area contributed by atoms with Gasteiger partial charge in [-0.25, -0.2) is 21.6 Å². The summed E-state index contributed by atoms with van der Waals surface area (Å²) < 4.78 is 51.0. The Morgan fingerprint density at radius 3 is 2.31 bits per heavy atom. The van der Waals surface area contributed by atoms with Gasteiger partial charge in [0.15, 0.2) is 9.84 Å². The molecule has 1 atom stereocenters. The first-order chi connectivity index (χ1) is 15.0. The standard InChI is InChI=1S/C19H19ClN4O5S3/c1-3-16(12-8-10-13(11-9-12)31(2,26)27)24-32(28,29)19-23-22-18(30-19)21-17(25)14-6-4-5-7-15(14)20/h4-11,16,24H,3H2,1-2H3,(H,21,22,25)/t16-/m0/s1. The summed E-state index contributed by atoms with van der Waals surface area (Å²) in [5, 5.41) is 10.1. The number of sulfone groups is 1. The van der Waals surface area contributed by atoms with Crippen molar-refractivity contribution in [2.45, 2.75) is 28.6 Å². The van der Waals surface area contributed by atoms with Crippen LogP contribution in [0.15, 0.2) is 57.8 Å². The van der Waals surface area contributed by atoms with E-state index in [2.05, 4.69) is 20.2 Å². The van der Waals surface area contributed by atoms with Gasteiger partial charge in [0.25, 0.3) is 15.9 Å². The Morgan fingerprint density at radius 2 is 1.72 bits per heavy atom. The number of hydrogen-bond donors (Lipinski definition) is 2. The SMILES string of the molecule is CC[C@H](NS(=O)(=O)c1nnc(NC(=O)c2ccccc2Cl)s1)c1ccc(S(C)(=O)=O)cc1. The number of rotatable bonds is 8. The van der Waals surface area contributed by atoms with Crippen LogP contribution in [0.2, 0.25) is 5.02 Å². The molecule has 1 heterocycles. The average Bonchev–Trinajstić information content (AvgIpc) is 3.21. The number of nitrogens with one attached hydrogen (secondary N) is 2. The number of carbonyl (C=O) groups excluding carboxylic acids is 1. The van der Waals surface area contributed by atoms with Crippen molar-refractivity contribution in [3.8, 4) is 0 Å². The summed E-state index contributed by atoms with van der Waals surface area (Å²) in [6, 6.07) is 11.8. The Morgan fingerprint density at radius 1 is 1.06 bits per heavy atom. The third kappa shape index (κ3) is 5.70. The van der Waals surface area contributed by atoms with E-state index in [1.54, 1.807) is 37.3 Å². The van der Waals surface area contributed by atoms with Gasteiger partial charge in [0.2, 0.25) is 9.47 Å². The van der Waals surface area contributed by atoms with Gasteiger partial charge in [-0.2, -0.15) is 0 Å². The lowest BCUT2D eigenvalue weighted by molar-refractivity contribution is 0.102. The van der Waals surface area contributed by atoms with Crippen molar-refractivity contribution < 1.29 is 21.6 Å². The van der Waals surface area contributed by atoms with Crippen LogP contribution < -0.4 is 10.0 Å². The summed E-state index contributed by atoms with van der Waals surface area (Å²) in [6.07, 6.45) is 1.51. The fraction of sp³-hybridized carbons (Fsp3) is 0.211. The van der Waals surface area contributed by atoms with Gasteiger partial charge in [-0.1, -0.05) is 54.1 Å². The van der Waals surface area contributed by atoms with Crippen LogP contribution in [0.4, 0.5) is 5.13 Å². The first kappa shape index (κ1) is 24.3. The highest BCUT2D eigenvalue weighted by molar-refractivity contribution is 7.91. The molecule has 1 amide bonds. The van der Waals surface area contributed by atoms with Crippen molar-refractivity contribution in [3.63, 3.8) is 0 Å². The third-order valence-corrected chi connectivity index (χ3v) is 8.53. The lowest BCUT2D eigenvalue weighted by Gasteiger charge is -2.16. The second-order valence-electron chi connectivity index (χ2n) is 6.73. The summed E-state index contributed by atoms with van der Waals surface area (Å²) in [5.74, 6) is -0.541. The predicted molar refractivity (Wildman–Crippen MR) is 122 cm³/mol. The maximum absolute atomic E-state index is 12.8. The van der Waals surface area contributed by atoms with Crippen LogP contribution in [0.1, 0.15) is 35.3 Å². The van der Waals surface area contributed by atoms with Gasteiger partial charge in [-0.15, -0.1) is 10.2 Å². The van der Waals surface area contributed by atoms with Crippen LogP contribution in [0.25, 0.3) is 0 Å². The van der Waals surface area contributed by atoms with E-state index in [4.69, 9.17) is 11.6 Å². The minimum absolute atomic E-state index is 0.000786. The lowest BCUT2D eigenvalue weighted by atomic mass is 10.1. The fourth-order valence-corrected chi connectivity index (χ4v) is 5.82. The largest absolute Gasteiger partial charge is 0.296 e. The highest BCUT2D eigenvalue weighted by Gasteiger charge is 2.25.